The van der Waals surface area contributed by atoms with Crippen molar-refractivity contribution in [1.82, 2.24) is 4.90 Å². The molecule has 2 atom stereocenters. The Morgan fingerprint density at radius 2 is 1.41 bits per heavy atom. The lowest BCUT2D eigenvalue weighted by atomic mass is 9.89. The minimum atomic E-state index is -4.77. The number of amides is 1. The van der Waals surface area contributed by atoms with Crippen LogP contribution in [-0.4, -0.2) is 36.0 Å². The van der Waals surface area contributed by atoms with Gasteiger partial charge in [0.25, 0.3) is 0 Å². The average molecular weight is 573 g/mol. The fourth-order valence-electron chi connectivity index (χ4n) is 5.09. The minimum Gasteiger partial charge on any atom is -0.406 e. The Balaban J connectivity index is 1.65. The monoisotopic (exact) mass is 572 g/mol. The molecule has 4 rings (SSSR count). The number of hydrogen-bond acceptors (Lipinski definition) is 3. The van der Waals surface area contributed by atoms with Crippen molar-refractivity contribution < 1.29 is 31.5 Å². The second-order valence-corrected chi connectivity index (χ2v) is 10.2. The fourth-order valence-corrected chi connectivity index (χ4v) is 5.09. The summed E-state index contributed by atoms with van der Waals surface area (Å²) in [5.41, 5.74) is 2.14. The van der Waals surface area contributed by atoms with Gasteiger partial charge in [0.1, 0.15) is 17.4 Å². The molecule has 0 bridgehead atoms. The van der Waals surface area contributed by atoms with E-state index in [-0.39, 0.29) is 29.4 Å². The Hall–Kier alpha value is -3.75. The molecule has 9 heteroatoms. The van der Waals surface area contributed by atoms with Gasteiger partial charge in [0.2, 0.25) is 5.91 Å². The number of carbonyl (C=O) groups is 1. The third kappa shape index (κ3) is 7.51. The number of alkyl halides is 3. The summed E-state index contributed by atoms with van der Waals surface area (Å²) in [6.07, 6.45) is -1.10. The molecule has 0 fully saturated rings. The number of hydrogen-bond donors (Lipinski definition) is 0. The normalized spacial score (nSPS) is 16.9. The van der Waals surface area contributed by atoms with Crippen LogP contribution in [0.25, 0.3) is 11.1 Å². The highest BCUT2D eigenvalue weighted by molar-refractivity contribution is 6.05. The van der Waals surface area contributed by atoms with Crippen molar-refractivity contribution in [1.29, 1.82) is 0 Å². The summed E-state index contributed by atoms with van der Waals surface area (Å²) < 4.78 is 70.9. The van der Waals surface area contributed by atoms with Gasteiger partial charge in [-0.1, -0.05) is 69.2 Å². The van der Waals surface area contributed by atoms with E-state index in [1.807, 2.05) is 4.90 Å². The second-order valence-electron chi connectivity index (χ2n) is 10.2. The Bertz CT molecular complexity index is 1330. The molecule has 1 aliphatic heterocycles. The van der Waals surface area contributed by atoms with Crippen LogP contribution in [0.2, 0.25) is 0 Å². The molecule has 0 unspecified atom stereocenters. The van der Waals surface area contributed by atoms with Gasteiger partial charge in [-0.3, -0.25) is 9.79 Å². The maximum atomic E-state index is 14.7. The summed E-state index contributed by atoms with van der Waals surface area (Å²) in [4.78, 5) is 20.4. The lowest BCUT2D eigenvalue weighted by molar-refractivity contribution is -0.274. The number of ether oxygens (including phenoxy) is 1. The van der Waals surface area contributed by atoms with Gasteiger partial charge >= 0.3 is 6.36 Å². The third-order valence-electron chi connectivity index (χ3n) is 7.21. The predicted molar refractivity (Wildman–Crippen MR) is 149 cm³/mol. The molecule has 0 saturated heterocycles. The van der Waals surface area contributed by atoms with Gasteiger partial charge in [0.15, 0.2) is 0 Å². The molecule has 0 aliphatic carbocycles. The summed E-state index contributed by atoms with van der Waals surface area (Å²) >= 11 is 0. The van der Waals surface area contributed by atoms with Gasteiger partial charge < -0.3 is 9.64 Å². The van der Waals surface area contributed by atoms with Crippen molar-refractivity contribution in [3.05, 3.63) is 89.5 Å². The standard InChI is InChI=1S/C32H33F5N2O2/c1-3-5-18-39(19-6-4-2)31(40)25-20-28(29-26(33)8-7-9-27(29)34)38-30(25)23-12-10-21(11-13-23)22-14-16-24(17-15-22)41-32(35,36)37/h7-17,25,30H,3-6,18-20H2,1-2H3/t25-,30-/m0/s1. The van der Waals surface area contributed by atoms with E-state index >= 15 is 0 Å². The maximum absolute atomic E-state index is 14.7. The number of unbranched alkanes of at least 4 members (excludes halogenated alkanes) is 2. The number of rotatable bonds is 11. The van der Waals surface area contributed by atoms with Gasteiger partial charge in [-0.15, -0.1) is 13.2 Å². The first-order valence-electron chi connectivity index (χ1n) is 13.9. The fraction of sp³-hybridized carbons (Fsp3) is 0.375. The quantitative estimate of drug-likeness (QED) is 0.216. The Morgan fingerprint density at radius 3 is 1.93 bits per heavy atom. The predicted octanol–water partition coefficient (Wildman–Crippen LogP) is 8.51. The Morgan fingerprint density at radius 1 is 0.878 bits per heavy atom. The molecule has 1 heterocycles. The van der Waals surface area contributed by atoms with Crippen LogP contribution >= 0.6 is 0 Å². The molecule has 0 radical (unpaired) electrons. The molecule has 1 amide bonds. The van der Waals surface area contributed by atoms with Gasteiger partial charge in [-0.25, -0.2) is 8.78 Å². The SMILES string of the molecule is CCCCN(CCCC)C(=O)[C@H]1CC(c2c(F)cccc2F)=N[C@H]1c1ccc(-c2ccc(OC(F)(F)F)cc2)cc1. The highest BCUT2D eigenvalue weighted by Gasteiger charge is 2.39. The second kappa shape index (κ2) is 13.3. The molecule has 0 N–H and O–H groups in total. The first kappa shape index (κ1) is 30.2. The lowest BCUT2D eigenvalue weighted by Gasteiger charge is -2.28. The Kier molecular flexibility index (Phi) is 9.78. The summed E-state index contributed by atoms with van der Waals surface area (Å²) in [5.74, 6) is -2.47. The molecular weight excluding hydrogens is 539 g/mol. The van der Waals surface area contributed by atoms with E-state index in [9.17, 15) is 26.7 Å². The highest BCUT2D eigenvalue weighted by atomic mass is 19.4. The molecule has 0 aromatic heterocycles. The minimum absolute atomic E-state index is 0.0864. The zero-order chi connectivity index (χ0) is 29.6. The molecule has 4 nitrogen and oxygen atoms in total. The number of aliphatic imine (C=N–C) groups is 1. The van der Waals surface area contributed by atoms with E-state index < -0.39 is 30.0 Å². The summed E-state index contributed by atoms with van der Waals surface area (Å²) in [6, 6.07) is 15.7. The molecule has 3 aromatic carbocycles. The molecule has 0 saturated carbocycles. The van der Waals surface area contributed by atoms with E-state index in [1.54, 1.807) is 24.3 Å². The van der Waals surface area contributed by atoms with Crippen LogP contribution in [0.4, 0.5) is 22.0 Å². The Labute approximate surface area is 236 Å². The van der Waals surface area contributed by atoms with Crippen LogP contribution in [0.1, 0.15) is 63.1 Å². The van der Waals surface area contributed by atoms with E-state index in [1.165, 1.54) is 42.5 Å². The van der Waals surface area contributed by atoms with Crippen molar-refractivity contribution in [2.45, 2.75) is 58.4 Å². The summed E-state index contributed by atoms with van der Waals surface area (Å²) in [7, 11) is 0. The van der Waals surface area contributed by atoms with Crippen LogP contribution in [0, 0.1) is 17.6 Å². The zero-order valence-corrected chi connectivity index (χ0v) is 23.1. The van der Waals surface area contributed by atoms with Gasteiger partial charge in [-0.05, 0) is 53.8 Å². The van der Waals surface area contributed by atoms with Crippen molar-refractivity contribution in [2.24, 2.45) is 10.9 Å². The van der Waals surface area contributed by atoms with Gasteiger partial charge in [0.05, 0.1) is 17.5 Å². The molecule has 41 heavy (non-hydrogen) atoms. The summed E-state index contributed by atoms with van der Waals surface area (Å²) in [5, 5.41) is 0. The molecule has 0 spiro atoms. The van der Waals surface area contributed by atoms with E-state index in [2.05, 4.69) is 18.6 Å². The smallest absolute Gasteiger partial charge is 0.406 e. The van der Waals surface area contributed by atoms with Crippen LogP contribution in [0.5, 0.6) is 5.75 Å². The van der Waals surface area contributed by atoms with Crippen molar-refractivity contribution in [2.75, 3.05) is 13.1 Å². The van der Waals surface area contributed by atoms with Crippen LogP contribution < -0.4 is 4.74 Å². The first-order chi connectivity index (χ1) is 19.6. The molecule has 218 valence electrons. The number of halogens is 5. The lowest BCUT2D eigenvalue weighted by Crippen LogP contribution is -2.39. The van der Waals surface area contributed by atoms with E-state index in [4.69, 9.17) is 4.99 Å². The largest absolute Gasteiger partial charge is 0.573 e. The van der Waals surface area contributed by atoms with Crippen LogP contribution in [-0.2, 0) is 4.79 Å². The zero-order valence-electron chi connectivity index (χ0n) is 23.1. The summed E-state index contributed by atoms with van der Waals surface area (Å²) in [6.45, 7) is 5.33. The van der Waals surface area contributed by atoms with Crippen LogP contribution in [0.3, 0.4) is 0 Å². The van der Waals surface area contributed by atoms with Gasteiger partial charge in [0, 0.05) is 25.2 Å². The first-order valence-corrected chi connectivity index (χ1v) is 13.9. The topological polar surface area (TPSA) is 41.9 Å². The number of carbonyl (C=O) groups excluding carboxylic acids is 1. The highest BCUT2D eigenvalue weighted by Crippen LogP contribution is 2.39. The van der Waals surface area contributed by atoms with Gasteiger partial charge in [-0.2, -0.15) is 0 Å². The maximum Gasteiger partial charge on any atom is 0.573 e. The number of benzene rings is 3. The molecular formula is C32H33F5N2O2. The van der Waals surface area contributed by atoms with Crippen molar-refractivity contribution in [3.8, 4) is 16.9 Å². The van der Waals surface area contributed by atoms with Crippen molar-refractivity contribution in [3.63, 3.8) is 0 Å². The van der Waals surface area contributed by atoms with Crippen LogP contribution in [0.15, 0.2) is 71.7 Å². The third-order valence-corrected chi connectivity index (χ3v) is 7.21. The molecule has 1 aliphatic rings. The average Bonchev–Trinajstić information content (AvgIpc) is 3.37. The van der Waals surface area contributed by atoms with Crippen molar-refractivity contribution >= 4 is 11.6 Å². The molecule has 3 aromatic rings. The van der Waals surface area contributed by atoms with E-state index in [0.717, 1.165) is 31.2 Å². The van der Waals surface area contributed by atoms with E-state index in [0.29, 0.717) is 24.2 Å². The number of nitrogens with zero attached hydrogens (tertiary/aromatic N) is 2.